The second kappa shape index (κ2) is 7.40. The Kier molecular flexibility index (Phi) is 4.82. The van der Waals surface area contributed by atoms with Crippen molar-refractivity contribution in [3.05, 3.63) is 81.9 Å². The maximum absolute atomic E-state index is 12.3. The SMILES string of the molecule is Cc1ccc(C(=O)Nc2nc(CN3CCc4ccccc4C3)cs2)cc1. The molecule has 1 aromatic heterocycles. The van der Waals surface area contributed by atoms with Crippen molar-refractivity contribution in [2.75, 3.05) is 11.9 Å². The van der Waals surface area contributed by atoms with Crippen molar-refractivity contribution in [2.45, 2.75) is 26.4 Å². The van der Waals surface area contributed by atoms with Gasteiger partial charge in [-0.05, 0) is 36.6 Å². The van der Waals surface area contributed by atoms with Gasteiger partial charge < -0.3 is 0 Å². The van der Waals surface area contributed by atoms with Gasteiger partial charge in [0.05, 0.1) is 5.69 Å². The minimum Gasteiger partial charge on any atom is -0.298 e. The van der Waals surface area contributed by atoms with E-state index in [1.165, 1.54) is 22.5 Å². The number of rotatable bonds is 4. The highest BCUT2D eigenvalue weighted by Gasteiger charge is 2.17. The molecule has 0 spiro atoms. The first kappa shape index (κ1) is 16.9. The normalized spacial score (nSPS) is 14.0. The summed E-state index contributed by atoms with van der Waals surface area (Å²) in [5.41, 5.74) is 5.66. The molecule has 1 amide bonds. The third-order valence-electron chi connectivity index (χ3n) is 4.68. The summed E-state index contributed by atoms with van der Waals surface area (Å²) in [6, 6.07) is 16.2. The Morgan fingerprint density at radius 1 is 1.15 bits per heavy atom. The Morgan fingerprint density at radius 2 is 1.92 bits per heavy atom. The van der Waals surface area contributed by atoms with Gasteiger partial charge in [-0.2, -0.15) is 0 Å². The van der Waals surface area contributed by atoms with Gasteiger partial charge in [-0.25, -0.2) is 4.98 Å². The quantitative estimate of drug-likeness (QED) is 0.753. The smallest absolute Gasteiger partial charge is 0.257 e. The number of hydrogen-bond donors (Lipinski definition) is 1. The molecule has 2 heterocycles. The molecule has 0 saturated carbocycles. The number of thiazole rings is 1. The molecular formula is C21H21N3OS. The third kappa shape index (κ3) is 3.84. The highest BCUT2D eigenvalue weighted by atomic mass is 32.1. The molecule has 26 heavy (non-hydrogen) atoms. The second-order valence-electron chi connectivity index (χ2n) is 6.69. The van der Waals surface area contributed by atoms with Crippen LogP contribution in [0.15, 0.2) is 53.9 Å². The summed E-state index contributed by atoms with van der Waals surface area (Å²) >= 11 is 1.48. The number of carbonyl (C=O) groups excluding carboxylic acids is 1. The van der Waals surface area contributed by atoms with Crippen LogP contribution >= 0.6 is 11.3 Å². The molecule has 1 aliphatic heterocycles. The maximum Gasteiger partial charge on any atom is 0.257 e. The first-order valence-corrected chi connectivity index (χ1v) is 9.67. The Labute approximate surface area is 157 Å². The molecule has 4 nitrogen and oxygen atoms in total. The molecule has 1 aliphatic rings. The van der Waals surface area contributed by atoms with Gasteiger partial charge in [-0.3, -0.25) is 15.0 Å². The molecule has 3 aromatic rings. The number of aryl methyl sites for hydroxylation is 1. The summed E-state index contributed by atoms with van der Waals surface area (Å²) in [6.07, 6.45) is 1.08. The fourth-order valence-electron chi connectivity index (χ4n) is 3.23. The topological polar surface area (TPSA) is 45.2 Å². The van der Waals surface area contributed by atoms with Crippen molar-refractivity contribution in [3.63, 3.8) is 0 Å². The molecule has 4 rings (SSSR count). The highest BCUT2D eigenvalue weighted by Crippen LogP contribution is 2.22. The lowest BCUT2D eigenvalue weighted by molar-refractivity contribution is 0.102. The molecule has 1 N–H and O–H groups in total. The first-order chi connectivity index (χ1) is 12.7. The molecule has 0 fully saturated rings. The van der Waals surface area contributed by atoms with Crippen molar-refractivity contribution in [3.8, 4) is 0 Å². The van der Waals surface area contributed by atoms with Crippen LogP contribution < -0.4 is 5.32 Å². The molecule has 5 heteroatoms. The largest absolute Gasteiger partial charge is 0.298 e. The van der Waals surface area contributed by atoms with Crippen molar-refractivity contribution >= 4 is 22.4 Å². The standard InChI is InChI=1S/C21H21N3OS/c1-15-6-8-17(9-7-15)20(25)23-21-22-19(14-26-21)13-24-11-10-16-4-2-3-5-18(16)12-24/h2-9,14H,10-13H2,1H3,(H,22,23,25). The van der Waals surface area contributed by atoms with E-state index in [1.807, 2.05) is 36.6 Å². The van der Waals surface area contributed by atoms with Gasteiger partial charge in [-0.15, -0.1) is 11.3 Å². The number of aromatic nitrogens is 1. The number of benzene rings is 2. The Balaban J connectivity index is 1.38. The molecule has 0 aliphatic carbocycles. The van der Waals surface area contributed by atoms with E-state index in [-0.39, 0.29) is 5.91 Å². The minimum atomic E-state index is -0.113. The van der Waals surface area contributed by atoms with E-state index < -0.39 is 0 Å². The number of anilines is 1. The van der Waals surface area contributed by atoms with Gasteiger partial charge in [0.1, 0.15) is 0 Å². The lowest BCUT2D eigenvalue weighted by Crippen LogP contribution is -2.30. The molecule has 0 saturated heterocycles. The number of hydrogen-bond acceptors (Lipinski definition) is 4. The first-order valence-electron chi connectivity index (χ1n) is 8.79. The maximum atomic E-state index is 12.3. The second-order valence-corrected chi connectivity index (χ2v) is 7.55. The Morgan fingerprint density at radius 3 is 2.73 bits per heavy atom. The Hall–Kier alpha value is -2.50. The van der Waals surface area contributed by atoms with Crippen molar-refractivity contribution in [1.29, 1.82) is 0 Å². The van der Waals surface area contributed by atoms with Gasteiger partial charge in [-0.1, -0.05) is 42.0 Å². The molecule has 0 unspecified atom stereocenters. The Bertz CT molecular complexity index is 917. The summed E-state index contributed by atoms with van der Waals surface area (Å²) in [6.45, 7) is 4.82. The fourth-order valence-corrected chi connectivity index (χ4v) is 3.93. The van der Waals surface area contributed by atoms with Crippen LogP contribution in [0.3, 0.4) is 0 Å². The van der Waals surface area contributed by atoms with Crippen molar-refractivity contribution < 1.29 is 4.79 Å². The fraction of sp³-hybridized carbons (Fsp3) is 0.238. The third-order valence-corrected chi connectivity index (χ3v) is 5.49. The van der Waals surface area contributed by atoms with Gasteiger partial charge in [0.25, 0.3) is 5.91 Å². The van der Waals surface area contributed by atoms with Gasteiger partial charge in [0, 0.05) is 30.6 Å². The lowest BCUT2D eigenvalue weighted by Gasteiger charge is -2.27. The average molecular weight is 363 g/mol. The number of fused-ring (bicyclic) bond motifs is 1. The van der Waals surface area contributed by atoms with Crippen LogP contribution in [0.1, 0.15) is 32.7 Å². The van der Waals surface area contributed by atoms with Crippen molar-refractivity contribution in [1.82, 2.24) is 9.88 Å². The van der Waals surface area contributed by atoms with Crippen LogP contribution in [0, 0.1) is 6.92 Å². The van der Waals surface area contributed by atoms with Crippen LogP contribution in [0.5, 0.6) is 0 Å². The molecule has 2 aromatic carbocycles. The van der Waals surface area contributed by atoms with Gasteiger partial charge in [0.15, 0.2) is 5.13 Å². The lowest BCUT2D eigenvalue weighted by atomic mass is 10.00. The predicted octanol–water partition coefficient (Wildman–Crippen LogP) is 4.26. The summed E-state index contributed by atoms with van der Waals surface area (Å²) in [7, 11) is 0. The van der Waals surface area contributed by atoms with E-state index in [9.17, 15) is 4.79 Å². The van der Waals surface area contributed by atoms with Crippen LogP contribution in [0.2, 0.25) is 0 Å². The van der Waals surface area contributed by atoms with E-state index >= 15 is 0 Å². The molecule has 0 atom stereocenters. The summed E-state index contributed by atoms with van der Waals surface area (Å²) < 4.78 is 0. The number of nitrogens with one attached hydrogen (secondary N) is 1. The molecule has 0 radical (unpaired) electrons. The molecular weight excluding hydrogens is 342 g/mol. The van der Waals surface area contributed by atoms with E-state index in [0.717, 1.165) is 37.3 Å². The van der Waals surface area contributed by atoms with Crippen LogP contribution in [-0.2, 0) is 19.5 Å². The van der Waals surface area contributed by atoms with E-state index in [1.54, 1.807) is 0 Å². The summed E-state index contributed by atoms with van der Waals surface area (Å²) in [5.74, 6) is -0.113. The number of nitrogens with zero attached hydrogens (tertiary/aromatic N) is 2. The van der Waals surface area contributed by atoms with Gasteiger partial charge in [0.2, 0.25) is 0 Å². The molecule has 0 bridgehead atoms. The number of carbonyl (C=O) groups is 1. The molecule has 132 valence electrons. The van der Waals surface area contributed by atoms with E-state index in [4.69, 9.17) is 0 Å². The summed E-state index contributed by atoms with van der Waals surface area (Å²) in [4.78, 5) is 19.3. The van der Waals surface area contributed by atoms with Gasteiger partial charge >= 0.3 is 0 Å². The minimum absolute atomic E-state index is 0.113. The monoisotopic (exact) mass is 363 g/mol. The van der Waals surface area contributed by atoms with Crippen LogP contribution in [0.25, 0.3) is 0 Å². The zero-order chi connectivity index (χ0) is 17.9. The number of amides is 1. The van der Waals surface area contributed by atoms with E-state index in [2.05, 4.69) is 39.5 Å². The predicted molar refractivity (Wildman–Crippen MR) is 106 cm³/mol. The van der Waals surface area contributed by atoms with E-state index in [0.29, 0.717) is 10.7 Å². The zero-order valence-electron chi connectivity index (χ0n) is 14.7. The van der Waals surface area contributed by atoms with Crippen molar-refractivity contribution in [2.24, 2.45) is 0 Å². The van der Waals surface area contributed by atoms with Crippen LogP contribution in [-0.4, -0.2) is 22.3 Å². The zero-order valence-corrected chi connectivity index (χ0v) is 15.6. The average Bonchev–Trinajstić information content (AvgIpc) is 3.09. The highest BCUT2D eigenvalue weighted by molar-refractivity contribution is 7.13. The van der Waals surface area contributed by atoms with Crippen LogP contribution in [0.4, 0.5) is 5.13 Å². The summed E-state index contributed by atoms with van der Waals surface area (Å²) in [5, 5.41) is 5.59.